The van der Waals surface area contributed by atoms with Crippen LogP contribution in [0.4, 0.5) is 18.3 Å². The van der Waals surface area contributed by atoms with Crippen LogP contribution in [0.2, 0.25) is 0 Å². The van der Waals surface area contributed by atoms with Gasteiger partial charge in [-0.05, 0) is 29.5 Å². The summed E-state index contributed by atoms with van der Waals surface area (Å²) >= 11 is 0.907. The molecule has 2 N–H and O–H groups in total. The molecule has 174 valence electrons. The van der Waals surface area contributed by atoms with Gasteiger partial charge in [0.2, 0.25) is 5.91 Å². The van der Waals surface area contributed by atoms with Crippen molar-refractivity contribution in [2.45, 2.75) is 50.0 Å². The largest absolute Gasteiger partial charge is 0.476 e. The van der Waals surface area contributed by atoms with Gasteiger partial charge in [0.1, 0.15) is 10.7 Å². The summed E-state index contributed by atoms with van der Waals surface area (Å²) in [5.74, 6) is -3.35. The highest BCUT2D eigenvalue weighted by Crippen LogP contribution is 2.38. The second-order valence-corrected chi connectivity index (χ2v) is 9.52. The molecule has 1 aromatic heterocycles. The molecule has 1 fully saturated rings. The van der Waals surface area contributed by atoms with Crippen LogP contribution in [0.3, 0.4) is 0 Å². The van der Waals surface area contributed by atoms with Crippen LogP contribution in [-0.4, -0.2) is 30.4 Å². The highest BCUT2D eigenvalue weighted by atomic mass is 32.2. The molecule has 1 saturated carbocycles. The maximum Gasteiger partial charge on any atom is 0.416 e. The molecule has 1 aliphatic rings. The standard InChI is InChI=1S/C20H21F3N2O5S2/c21-20(22,23)15-8-12(5-6-13(15)10-32(29)30)14(7-11-3-1-2-4-11)17(26)25-19-24-16(9-31-19)18(27)28/h5-6,8-9,11,14,32H,1-4,7,10H2,(H,27,28)(H,24,25,26). The van der Waals surface area contributed by atoms with Crippen LogP contribution in [0, 0.1) is 5.92 Å². The summed E-state index contributed by atoms with van der Waals surface area (Å²) < 4.78 is 62.9. The van der Waals surface area contributed by atoms with Gasteiger partial charge in [-0.25, -0.2) is 18.2 Å². The van der Waals surface area contributed by atoms with Gasteiger partial charge in [-0.3, -0.25) is 4.79 Å². The first-order valence-corrected chi connectivity index (χ1v) is 12.1. The number of hydrogen-bond donors (Lipinski definition) is 3. The highest BCUT2D eigenvalue weighted by molar-refractivity contribution is 7.71. The first kappa shape index (κ1) is 24.2. The normalized spacial score (nSPS) is 15.8. The van der Waals surface area contributed by atoms with Gasteiger partial charge in [0, 0.05) is 5.38 Å². The Morgan fingerprint density at radius 1 is 1.25 bits per heavy atom. The number of nitrogens with one attached hydrogen (secondary N) is 1. The van der Waals surface area contributed by atoms with Crippen molar-refractivity contribution >= 4 is 39.0 Å². The first-order valence-electron chi connectivity index (χ1n) is 9.86. The molecular weight excluding hydrogens is 469 g/mol. The predicted octanol–water partition coefficient (Wildman–Crippen LogP) is 4.27. The Labute approximate surface area is 187 Å². The molecule has 1 aromatic carbocycles. The van der Waals surface area contributed by atoms with E-state index < -0.39 is 46.0 Å². The van der Waals surface area contributed by atoms with Crippen LogP contribution >= 0.6 is 11.3 Å². The molecule has 0 bridgehead atoms. The van der Waals surface area contributed by atoms with Gasteiger partial charge in [0.25, 0.3) is 0 Å². The van der Waals surface area contributed by atoms with E-state index in [0.717, 1.165) is 49.2 Å². The Kier molecular flexibility index (Phi) is 7.55. The number of rotatable bonds is 8. The van der Waals surface area contributed by atoms with Gasteiger partial charge >= 0.3 is 12.1 Å². The first-order chi connectivity index (χ1) is 15.0. The lowest BCUT2D eigenvalue weighted by Crippen LogP contribution is -2.24. The van der Waals surface area contributed by atoms with Gasteiger partial charge in [-0.2, -0.15) is 13.2 Å². The van der Waals surface area contributed by atoms with E-state index in [0.29, 0.717) is 6.42 Å². The van der Waals surface area contributed by atoms with E-state index in [2.05, 4.69) is 10.3 Å². The van der Waals surface area contributed by atoms with Crippen molar-refractivity contribution in [3.05, 3.63) is 46.0 Å². The summed E-state index contributed by atoms with van der Waals surface area (Å²) in [7, 11) is -3.06. The molecule has 2 aromatic rings. The number of amides is 1. The zero-order valence-electron chi connectivity index (χ0n) is 16.7. The Bertz CT molecular complexity index is 1070. The number of hydrogen-bond acceptors (Lipinski definition) is 6. The lowest BCUT2D eigenvalue weighted by atomic mass is 9.86. The molecular formula is C20H21F3N2O5S2. The van der Waals surface area contributed by atoms with E-state index in [9.17, 15) is 31.2 Å². The lowest BCUT2D eigenvalue weighted by molar-refractivity contribution is -0.138. The smallest absolute Gasteiger partial charge is 0.416 e. The van der Waals surface area contributed by atoms with Crippen molar-refractivity contribution in [3.8, 4) is 0 Å². The fourth-order valence-electron chi connectivity index (χ4n) is 3.95. The second-order valence-electron chi connectivity index (χ2n) is 7.68. The Balaban J connectivity index is 1.95. The Morgan fingerprint density at radius 3 is 2.50 bits per heavy atom. The van der Waals surface area contributed by atoms with Gasteiger partial charge in [-0.15, -0.1) is 11.3 Å². The van der Waals surface area contributed by atoms with Crippen LogP contribution in [0.1, 0.15) is 65.2 Å². The van der Waals surface area contributed by atoms with Crippen LogP contribution < -0.4 is 5.32 Å². The van der Waals surface area contributed by atoms with Crippen molar-refractivity contribution in [2.75, 3.05) is 5.32 Å². The van der Waals surface area contributed by atoms with Gasteiger partial charge in [-0.1, -0.05) is 37.8 Å². The van der Waals surface area contributed by atoms with Gasteiger partial charge in [0.05, 0.1) is 17.2 Å². The monoisotopic (exact) mass is 490 g/mol. The number of carboxylic acids is 1. The Hall–Kier alpha value is -2.47. The van der Waals surface area contributed by atoms with E-state index >= 15 is 0 Å². The number of aromatic nitrogens is 1. The fraction of sp³-hybridized carbons (Fsp3) is 0.450. The van der Waals surface area contributed by atoms with Crippen LogP contribution in [0.5, 0.6) is 0 Å². The quantitative estimate of drug-likeness (QED) is 0.476. The van der Waals surface area contributed by atoms with E-state index in [-0.39, 0.29) is 27.9 Å². The number of carbonyl (C=O) groups excluding carboxylic acids is 1. The summed E-state index contributed by atoms with van der Waals surface area (Å²) in [6.07, 6.45) is -0.754. The summed E-state index contributed by atoms with van der Waals surface area (Å²) in [5.41, 5.74) is -1.57. The number of aromatic carboxylic acids is 1. The number of halogens is 3. The molecule has 0 saturated heterocycles. The SMILES string of the molecule is O=C(O)c1csc(NC(=O)C(CC2CCCC2)c2ccc(C[SH](=O)=O)c(C(F)(F)F)c2)n1. The average molecular weight is 491 g/mol. The molecule has 12 heteroatoms. The van der Waals surface area contributed by atoms with Crippen molar-refractivity contribution < 1.29 is 36.3 Å². The minimum atomic E-state index is -4.78. The van der Waals surface area contributed by atoms with Crippen molar-refractivity contribution in [3.63, 3.8) is 0 Å². The molecule has 3 rings (SSSR count). The summed E-state index contributed by atoms with van der Waals surface area (Å²) in [6.45, 7) is 0. The third kappa shape index (κ3) is 6.06. The zero-order valence-corrected chi connectivity index (χ0v) is 18.4. The molecule has 0 spiro atoms. The Morgan fingerprint density at radius 2 is 1.94 bits per heavy atom. The van der Waals surface area contributed by atoms with Crippen molar-refractivity contribution in [1.82, 2.24) is 4.98 Å². The van der Waals surface area contributed by atoms with E-state index in [1.807, 2.05) is 0 Å². The number of thiol groups is 1. The minimum Gasteiger partial charge on any atom is -0.476 e. The van der Waals surface area contributed by atoms with Crippen LogP contribution in [0.15, 0.2) is 23.6 Å². The van der Waals surface area contributed by atoms with E-state index in [1.165, 1.54) is 11.4 Å². The van der Waals surface area contributed by atoms with Gasteiger partial charge in [0.15, 0.2) is 10.8 Å². The maximum absolute atomic E-state index is 13.6. The molecule has 1 unspecified atom stereocenters. The topological polar surface area (TPSA) is 113 Å². The lowest BCUT2D eigenvalue weighted by Gasteiger charge is -2.22. The van der Waals surface area contributed by atoms with Crippen LogP contribution in [0.25, 0.3) is 0 Å². The molecule has 32 heavy (non-hydrogen) atoms. The van der Waals surface area contributed by atoms with E-state index in [1.54, 1.807) is 0 Å². The summed E-state index contributed by atoms with van der Waals surface area (Å²) in [5, 5.41) is 12.8. The minimum absolute atomic E-state index is 0.0415. The molecule has 1 amide bonds. The van der Waals surface area contributed by atoms with Crippen LogP contribution in [-0.2, 0) is 27.4 Å². The molecule has 1 heterocycles. The molecule has 0 radical (unpaired) electrons. The molecule has 7 nitrogen and oxygen atoms in total. The maximum atomic E-state index is 13.6. The summed E-state index contributed by atoms with van der Waals surface area (Å²) in [4.78, 5) is 27.8. The average Bonchev–Trinajstić information content (AvgIpc) is 3.37. The third-order valence-electron chi connectivity index (χ3n) is 5.45. The highest BCUT2D eigenvalue weighted by Gasteiger charge is 2.35. The number of thiazole rings is 1. The number of carboxylic acid groups (broad SMARTS) is 1. The van der Waals surface area contributed by atoms with Gasteiger partial charge < -0.3 is 10.4 Å². The predicted molar refractivity (Wildman–Crippen MR) is 112 cm³/mol. The van der Waals surface area contributed by atoms with E-state index in [4.69, 9.17) is 5.11 Å². The number of alkyl halides is 3. The van der Waals surface area contributed by atoms with Crippen molar-refractivity contribution in [2.24, 2.45) is 5.92 Å². The second kappa shape index (κ2) is 9.99. The van der Waals surface area contributed by atoms with Crippen molar-refractivity contribution in [1.29, 1.82) is 0 Å². The fourth-order valence-corrected chi connectivity index (χ4v) is 5.19. The number of nitrogens with zero attached hydrogens (tertiary/aromatic N) is 1. The third-order valence-corrected chi connectivity index (χ3v) is 6.81. The zero-order chi connectivity index (χ0) is 23.5. The number of anilines is 1. The number of carbonyl (C=O) groups is 2. The molecule has 0 aliphatic heterocycles. The summed E-state index contributed by atoms with van der Waals surface area (Å²) in [6, 6.07) is 3.30. The number of benzene rings is 1. The molecule has 1 aliphatic carbocycles. The molecule has 1 atom stereocenters.